The van der Waals surface area contributed by atoms with Crippen molar-refractivity contribution in [2.45, 2.75) is 25.3 Å². The van der Waals surface area contributed by atoms with E-state index in [2.05, 4.69) is 27.1 Å². The lowest BCUT2D eigenvalue weighted by Gasteiger charge is -2.11. The van der Waals surface area contributed by atoms with Crippen LogP contribution in [0.2, 0.25) is 5.02 Å². The lowest BCUT2D eigenvalue weighted by atomic mass is 10.1. The van der Waals surface area contributed by atoms with Crippen LogP contribution < -0.4 is 5.32 Å². The van der Waals surface area contributed by atoms with E-state index in [-0.39, 0.29) is 5.56 Å². The van der Waals surface area contributed by atoms with Gasteiger partial charge in [-0.2, -0.15) is 0 Å². The van der Waals surface area contributed by atoms with Crippen molar-refractivity contribution in [3.8, 4) is 0 Å². The molecule has 0 radical (unpaired) electrons. The Labute approximate surface area is 178 Å². The molecule has 6 heteroatoms. The molecule has 2 N–H and O–H groups in total. The van der Waals surface area contributed by atoms with Crippen LogP contribution in [0.5, 0.6) is 0 Å². The molecule has 1 aliphatic rings. The monoisotopic (exact) mass is 417 g/mol. The van der Waals surface area contributed by atoms with Crippen LogP contribution in [0.15, 0.2) is 67.0 Å². The Morgan fingerprint density at radius 1 is 1.13 bits per heavy atom. The number of anilines is 2. The second kappa shape index (κ2) is 7.50. The van der Waals surface area contributed by atoms with Gasteiger partial charge in [0.1, 0.15) is 11.4 Å². The highest BCUT2D eigenvalue weighted by Gasteiger charge is 2.26. The van der Waals surface area contributed by atoms with Gasteiger partial charge >= 0.3 is 5.97 Å². The van der Waals surface area contributed by atoms with E-state index in [0.717, 1.165) is 46.6 Å². The molecule has 1 aliphatic carbocycles. The first-order valence-electron chi connectivity index (χ1n) is 9.90. The molecular weight excluding hydrogens is 398 g/mol. The Morgan fingerprint density at radius 2 is 1.93 bits per heavy atom. The molecule has 0 unspecified atom stereocenters. The summed E-state index contributed by atoms with van der Waals surface area (Å²) in [7, 11) is 0. The van der Waals surface area contributed by atoms with E-state index in [1.807, 2.05) is 42.5 Å². The van der Waals surface area contributed by atoms with Crippen LogP contribution in [0.1, 0.15) is 40.2 Å². The van der Waals surface area contributed by atoms with Gasteiger partial charge in [0.25, 0.3) is 0 Å². The van der Waals surface area contributed by atoms with Gasteiger partial charge in [0.2, 0.25) is 0 Å². The molecule has 1 fully saturated rings. The molecule has 0 spiro atoms. The molecule has 0 atom stereocenters. The average molecular weight is 418 g/mol. The standard InChI is InChI=1S/C24H20ClN3O2/c25-19-5-1-15(2-6-19)14-28-10-9-17-11-20(7-8-22(17)28)27-23-21(24(29)30)12-18(13-26-23)16-3-4-16/h1-2,5-13,16H,3-4,14H2,(H,26,27)(H,29,30). The van der Waals surface area contributed by atoms with Gasteiger partial charge in [-0.05, 0) is 72.4 Å². The van der Waals surface area contributed by atoms with Gasteiger partial charge in [-0.1, -0.05) is 23.7 Å². The summed E-state index contributed by atoms with van der Waals surface area (Å²) in [6, 6.07) is 17.6. The average Bonchev–Trinajstić information content (AvgIpc) is 3.52. The minimum absolute atomic E-state index is 0.208. The number of nitrogens with zero attached hydrogens (tertiary/aromatic N) is 2. The van der Waals surface area contributed by atoms with Crippen molar-refractivity contribution >= 4 is 40.0 Å². The lowest BCUT2D eigenvalue weighted by molar-refractivity contribution is 0.0697. The van der Waals surface area contributed by atoms with Gasteiger partial charge in [0.15, 0.2) is 0 Å². The first-order chi connectivity index (χ1) is 14.6. The fraction of sp³-hybridized carbons (Fsp3) is 0.167. The molecule has 4 aromatic rings. The summed E-state index contributed by atoms with van der Waals surface area (Å²) in [5.74, 6) is -0.143. The van der Waals surface area contributed by atoms with Crippen LogP contribution >= 0.6 is 11.6 Å². The number of rotatable bonds is 6. The maximum absolute atomic E-state index is 11.7. The summed E-state index contributed by atoms with van der Waals surface area (Å²) in [6.07, 6.45) is 6.05. The number of benzene rings is 2. The van der Waals surface area contributed by atoms with Crippen LogP contribution in [-0.4, -0.2) is 20.6 Å². The van der Waals surface area contributed by atoms with Crippen molar-refractivity contribution in [2.24, 2.45) is 0 Å². The summed E-state index contributed by atoms with van der Waals surface area (Å²) in [6.45, 7) is 0.751. The SMILES string of the molecule is O=C(O)c1cc(C2CC2)cnc1Nc1ccc2c(ccn2Cc2ccc(Cl)cc2)c1. The van der Waals surface area contributed by atoms with Crippen LogP contribution in [0, 0.1) is 0 Å². The van der Waals surface area contributed by atoms with E-state index in [9.17, 15) is 9.90 Å². The molecular formula is C24H20ClN3O2. The smallest absolute Gasteiger partial charge is 0.339 e. The van der Waals surface area contributed by atoms with Crippen molar-refractivity contribution in [1.29, 1.82) is 0 Å². The molecule has 5 rings (SSSR count). The Hall–Kier alpha value is -3.31. The highest BCUT2D eigenvalue weighted by molar-refractivity contribution is 6.30. The summed E-state index contributed by atoms with van der Waals surface area (Å²) in [5, 5.41) is 14.6. The number of hydrogen-bond donors (Lipinski definition) is 2. The van der Waals surface area contributed by atoms with E-state index in [1.165, 1.54) is 5.56 Å². The van der Waals surface area contributed by atoms with Crippen molar-refractivity contribution < 1.29 is 9.90 Å². The van der Waals surface area contributed by atoms with Crippen molar-refractivity contribution in [1.82, 2.24) is 9.55 Å². The third-order valence-corrected chi connectivity index (χ3v) is 5.74. The molecule has 0 saturated heterocycles. The number of aromatic nitrogens is 2. The first-order valence-corrected chi connectivity index (χ1v) is 10.3. The maximum atomic E-state index is 11.7. The van der Waals surface area contributed by atoms with E-state index in [4.69, 9.17) is 11.6 Å². The van der Waals surface area contributed by atoms with Crippen molar-refractivity contribution in [3.05, 3.63) is 88.7 Å². The number of hydrogen-bond acceptors (Lipinski definition) is 3. The minimum atomic E-state index is -0.970. The van der Waals surface area contributed by atoms with E-state index >= 15 is 0 Å². The van der Waals surface area contributed by atoms with Gasteiger partial charge in [-0.3, -0.25) is 0 Å². The molecule has 2 heterocycles. The predicted octanol–water partition coefficient (Wildman–Crippen LogP) is 6.06. The first kappa shape index (κ1) is 18.7. The van der Waals surface area contributed by atoms with Gasteiger partial charge in [0.05, 0.1) is 0 Å². The summed E-state index contributed by atoms with van der Waals surface area (Å²) in [5.41, 5.74) is 4.30. The highest BCUT2D eigenvalue weighted by Crippen LogP contribution is 2.40. The Morgan fingerprint density at radius 3 is 2.67 bits per heavy atom. The molecule has 0 bridgehead atoms. The highest BCUT2D eigenvalue weighted by atomic mass is 35.5. The van der Waals surface area contributed by atoms with Crippen LogP contribution in [-0.2, 0) is 6.54 Å². The summed E-state index contributed by atoms with van der Waals surface area (Å²) < 4.78 is 2.17. The molecule has 0 amide bonds. The second-order valence-electron chi connectivity index (χ2n) is 7.71. The number of aromatic carboxylic acids is 1. The summed E-state index contributed by atoms with van der Waals surface area (Å²) in [4.78, 5) is 16.1. The maximum Gasteiger partial charge on any atom is 0.339 e. The van der Waals surface area contributed by atoms with Crippen molar-refractivity contribution in [2.75, 3.05) is 5.32 Å². The predicted molar refractivity (Wildman–Crippen MR) is 119 cm³/mol. The van der Waals surface area contributed by atoms with Crippen LogP contribution in [0.3, 0.4) is 0 Å². The lowest BCUT2D eigenvalue weighted by Crippen LogP contribution is -2.06. The molecule has 0 aliphatic heterocycles. The molecule has 2 aromatic heterocycles. The molecule has 1 saturated carbocycles. The Kier molecular flexibility index (Phi) is 4.68. The fourth-order valence-electron chi connectivity index (χ4n) is 3.72. The van der Waals surface area contributed by atoms with E-state index in [1.54, 1.807) is 12.3 Å². The summed E-state index contributed by atoms with van der Waals surface area (Å²) >= 11 is 5.97. The van der Waals surface area contributed by atoms with Gasteiger partial charge in [-0.15, -0.1) is 0 Å². The number of nitrogens with one attached hydrogen (secondary N) is 1. The molecule has 5 nitrogen and oxygen atoms in total. The normalized spacial score (nSPS) is 13.5. The number of halogens is 1. The van der Waals surface area contributed by atoms with Gasteiger partial charge in [-0.25, -0.2) is 9.78 Å². The van der Waals surface area contributed by atoms with E-state index < -0.39 is 5.97 Å². The zero-order chi connectivity index (χ0) is 20.7. The molecule has 2 aromatic carbocycles. The Bertz CT molecular complexity index is 1240. The topological polar surface area (TPSA) is 67.2 Å². The molecule has 150 valence electrons. The van der Waals surface area contributed by atoms with Crippen molar-refractivity contribution in [3.63, 3.8) is 0 Å². The number of carboxylic acids is 1. The quantitative estimate of drug-likeness (QED) is 0.400. The second-order valence-corrected chi connectivity index (χ2v) is 8.15. The number of pyridine rings is 1. The number of fused-ring (bicyclic) bond motifs is 1. The largest absolute Gasteiger partial charge is 0.478 e. The van der Waals surface area contributed by atoms with E-state index in [0.29, 0.717) is 11.7 Å². The number of carbonyl (C=O) groups is 1. The zero-order valence-electron chi connectivity index (χ0n) is 16.2. The third kappa shape index (κ3) is 3.76. The Balaban J connectivity index is 1.41. The third-order valence-electron chi connectivity index (χ3n) is 5.49. The van der Waals surface area contributed by atoms with Crippen LogP contribution in [0.25, 0.3) is 10.9 Å². The minimum Gasteiger partial charge on any atom is -0.478 e. The number of carboxylic acid groups (broad SMARTS) is 1. The van der Waals surface area contributed by atoms with Gasteiger partial charge in [0, 0.05) is 40.6 Å². The zero-order valence-corrected chi connectivity index (χ0v) is 16.9. The molecule has 30 heavy (non-hydrogen) atoms. The van der Waals surface area contributed by atoms with Gasteiger partial charge < -0.3 is 15.0 Å². The van der Waals surface area contributed by atoms with Crippen LogP contribution in [0.4, 0.5) is 11.5 Å². The fourth-order valence-corrected chi connectivity index (χ4v) is 3.85.